The van der Waals surface area contributed by atoms with Gasteiger partial charge in [0.15, 0.2) is 0 Å². The molecule has 0 aliphatic heterocycles. The highest BCUT2D eigenvalue weighted by Crippen LogP contribution is 2.25. The molecule has 0 aromatic heterocycles. The van der Waals surface area contributed by atoms with Crippen LogP contribution in [0.4, 0.5) is 0 Å². The van der Waals surface area contributed by atoms with E-state index in [4.69, 9.17) is 11.6 Å². The topological polar surface area (TPSA) is 58.2 Å². The Bertz CT molecular complexity index is 724. The monoisotopic (exact) mass is 358 g/mol. The number of benzene rings is 2. The average Bonchev–Trinajstić information content (AvgIpc) is 2.61. The summed E-state index contributed by atoms with van der Waals surface area (Å²) in [6.45, 7) is 5.98. The van der Waals surface area contributed by atoms with Gasteiger partial charge in [-0.2, -0.15) is 0 Å². The summed E-state index contributed by atoms with van der Waals surface area (Å²) >= 11 is 5.91. The van der Waals surface area contributed by atoms with Gasteiger partial charge in [0.05, 0.1) is 5.92 Å². The Morgan fingerprint density at radius 3 is 2.08 bits per heavy atom. The van der Waals surface area contributed by atoms with E-state index in [0.29, 0.717) is 10.6 Å². The molecule has 0 spiro atoms. The van der Waals surface area contributed by atoms with E-state index in [9.17, 15) is 9.59 Å². The van der Waals surface area contributed by atoms with E-state index in [1.54, 1.807) is 24.3 Å². The highest BCUT2D eigenvalue weighted by molar-refractivity contribution is 6.30. The Morgan fingerprint density at radius 1 is 0.960 bits per heavy atom. The SMILES string of the molecule is CCc1ccc(C(=O)NNC(=O)[C@@H](c2ccc(Cl)cc2)C(C)C)cc1. The van der Waals surface area contributed by atoms with Crippen LogP contribution < -0.4 is 10.9 Å². The minimum atomic E-state index is -0.375. The van der Waals surface area contributed by atoms with Crippen molar-refractivity contribution in [2.45, 2.75) is 33.1 Å². The molecule has 1 atom stereocenters. The molecular weight excluding hydrogens is 336 g/mol. The van der Waals surface area contributed by atoms with Gasteiger partial charge in [-0.15, -0.1) is 0 Å². The van der Waals surface area contributed by atoms with Crippen molar-refractivity contribution in [3.05, 3.63) is 70.2 Å². The van der Waals surface area contributed by atoms with Gasteiger partial charge in [0, 0.05) is 10.6 Å². The third-order valence-corrected chi connectivity index (χ3v) is 4.35. The van der Waals surface area contributed by atoms with Crippen LogP contribution in [0.3, 0.4) is 0 Å². The predicted octanol–water partition coefficient (Wildman–Crippen LogP) is 4.10. The lowest BCUT2D eigenvalue weighted by atomic mass is 9.88. The molecule has 0 bridgehead atoms. The zero-order chi connectivity index (χ0) is 18.4. The van der Waals surface area contributed by atoms with Crippen LogP contribution in [0.5, 0.6) is 0 Å². The molecular formula is C20H23ClN2O2. The number of amides is 2. The first kappa shape index (κ1) is 19.0. The first-order valence-electron chi connectivity index (χ1n) is 8.37. The van der Waals surface area contributed by atoms with Gasteiger partial charge < -0.3 is 0 Å². The summed E-state index contributed by atoms with van der Waals surface area (Å²) in [5.41, 5.74) is 7.54. The molecule has 0 unspecified atom stereocenters. The highest BCUT2D eigenvalue weighted by atomic mass is 35.5. The number of aryl methyl sites for hydroxylation is 1. The van der Waals surface area contributed by atoms with Crippen LogP contribution in [0.15, 0.2) is 48.5 Å². The van der Waals surface area contributed by atoms with Gasteiger partial charge in [0.1, 0.15) is 0 Å². The fraction of sp³-hybridized carbons (Fsp3) is 0.300. The lowest BCUT2D eigenvalue weighted by molar-refractivity contribution is -0.124. The second-order valence-corrected chi connectivity index (χ2v) is 6.70. The van der Waals surface area contributed by atoms with Crippen molar-refractivity contribution in [1.82, 2.24) is 10.9 Å². The number of nitrogens with one attached hydrogen (secondary N) is 2. The predicted molar refractivity (Wildman–Crippen MR) is 100 cm³/mol. The van der Waals surface area contributed by atoms with E-state index >= 15 is 0 Å². The Hall–Kier alpha value is -2.33. The van der Waals surface area contributed by atoms with E-state index < -0.39 is 0 Å². The van der Waals surface area contributed by atoms with Crippen LogP contribution in [-0.2, 0) is 11.2 Å². The summed E-state index contributed by atoms with van der Waals surface area (Å²) < 4.78 is 0. The standard InChI is InChI=1S/C20H23ClN2O2/c1-4-14-5-7-16(8-6-14)19(24)22-23-20(25)18(13(2)3)15-9-11-17(21)12-10-15/h5-13,18H,4H2,1-3H3,(H,22,24)(H,23,25)/t18-/m1/s1. The molecule has 132 valence electrons. The van der Waals surface area contributed by atoms with Crippen molar-refractivity contribution in [1.29, 1.82) is 0 Å². The van der Waals surface area contributed by atoms with Crippen molar-refractivity contribution in [2.24, 2.45) is 5.92 Å². The fourth-order valence-corrected chi connectivity index (χ4v) is 2.80. The van der Waals surface area contributed by atoms with Crippen molar-refractivity contribution in [2.75, 3.05) is 0 Å². The molecule has 2 N–H and O–H groups in total. The molecule has 0 aliphatic carbocycles. The first-order valence-corrected chi connectivity index (χ1v) is 8.74. The summed E-state index contributed by atoms with van der Waals surface area (Å²) in [5, 5.41) is 0.621. The minimum Gasteiger partial charge on any atom is -0.273 e. The fourth-order valence-electron chi connectivity index (χ4n) is 2.67. The quantitative estimate of drug-likeness (QED) is 0.790. The van der Waals surface area contributed by atoms with E-state index in [-0.39, 0.29) is 23.7 Å². The highest BCUT2D eigenvalue weighted by Gasteiger charge is 2.24. The molecule has 0 aliphatic rings. The number of rotatable bonds is 5. The van der Waals surface area contributed by atoms with Gasteiger partial charge in [-0.25, -0.2) is 0 Å². The van der Waals surface area contributed by atoms with Crippen molar-refractivity contribution >= 4 is 23.4 Å². The maximum Gasteiger partial charge on any atom is 0.269 e. The Kier molecular flexibility index (Phi) is 6.59. The molecule has 0 fully saturated rings. The summed E-state index contributed by atoms with van der Waals surface area (Å²) in [5.74, 6) is -0.896. The molecule has 5 heteroatoms. The summed E-state index contributed by atoms with van der Waals surface area (Å²) in [4.78, 5) is 24.7. The van der Waals surface area contributed by atoms with Crippen molar-refractivity contribution in [3.63, 3.8) is 0 Å². The van der Waals surface area contributed by atoms with Gasteiger partial charge in [-0.1, -0.05) is 56.6 Å². The molecule has 4 nitrogen and oxygen atoms in total. The lowest BCUT2D eigenvalue weighted by Gasteiger charge is -2.21. The van der Waals surface area contributed by atoms with Gasteiger partial charge in [-0.3, -0.25) is 20.4 Å². The molecule has 25 heavy (non-hydrogen) atoms. The number of hydrogen-bond acceptors (Lipinski definition) is 2. The number of hydrazine groups is 1. The zero-order valence-electron chi connectivity index (χ0n) is 14.7. The van der Waals surface area contributed by atoms with Gasteiger partial charge in [0.2, 0.25) is 5.91 Å². The van der Waals surface area contributed by atoms with E-state index in [0.717, 1.165) is 17.5 Å². The van der Waals surface area contributed by atoms with Crippen LogP contribution in [-0.4, -0.2) is 11.8 Å². The van der Waals surface area contributed by atoms with Gasteiger partial charge >= 0.3 is 0 Å². The maximum absolute atomic E-state index is 12.5. The van der Waals surface area contributed by atoms with E-state index in [1.165, 1.54) is 0 Å². The number of halogens is 1. The average molecular weight is 359 g/mol. The second-order valence-electron chi connectivity index (χ2n) is 6.27. The molecule has 0 heterocycles. The van der Waals surface area contributed by atoms with Crippen LogP contribution in [0.25, 0.3) is 0 Å². The molecule has 0 radical (unpaired) electrons. The summed E-state index contributed by atoms with van der Waals surface area (Å²) in [6.07, 6.45) is 0.912. The molecule has 2 aromatic carbocycles. The van der Waals surface area contributed by atoms with E-state index in [1.807, 2.05) is 38.1 Å². The van der Waals surface area contributed by atoms with Gasteiger partial charge in [0.25, 0.3) is 5.91 Å². The third kappa shape index (κ3) is 5.07. The summed E-state index contributed by atoms with van der Waals surface area (Å²) in [6, 6.07) is 14.5. The first-order chi connectivity index (χ1) is 11.9. The van der Waals surface area contributed by atoms with Gasteiger partial charge in [-0.05, 0) is 47.7 Å². The largest absolute Gasteiger partial charge is 0.273 e. The molecule has 0 saturated carbocycles. The van der Waals surface area contributed by atoms with Crippen LogP contribution in [0.1, 0.15) is 48.2 Å². The summed E-state index contributed by atoms with van der Waals surface area (Å²) in [7, 11) is 0. The smallest absolute Gasteiger partial charge is 0.269 e. The maximum atomic E-state index is 12.5. The molecule has 0 saturated heterocycles. The molecule has 2 amide bonds. The Balaban J connectivity index is 2.03. The van der Waals surface area contributed by atoms with Crippen molar-refractivity contribution in [3.8, 4) is 0 Å². The lowest BCUT2D eigenvalue weighted by Crippen LogP contribution is -2.44. The van der Waals surface area contributed by atoms with Crippen LogP contribution in [0.2, 0.25) is 5.02 Å². The molecule has 2 rings (SSSR count). The normalized spacial score (nSPS) is 11.9. The van der Waals surface area contributed by atoms with Crippen LogP contribution >= 0.6 is 11.6 Å². The zero-order valence-corrected chi connectivity index (χ0v) is 15.4. The number of carbonyl (C=O) groups excluding carboxylic acids is 2. The number of hydrogen-bond donors (Lipinski definition) is 2. The van der Waals surface area contributed by atoms with Crippen molar-refractivity contribution < 1.29 is 9.59 Å². The Labute approximate surface area is 153 Å². The van der Waals surface area contributed by atoms with E-state index in [2.05, 4.69) is 17.8 Å². The second kappa shape index (κ2) is 8.67. The number of carbonyl (C=O) groups is 2. The Morgan fingerprint density at radius 2 is 1.56 bits per heavy atom. The van der Waals surface area contributed by atoms with Crippen LogP contribution in [0, 0.1) is 5.92 Å². The molecule has 2 aromatic rings. The third-order valence-electron chi connectivity index (χ3n) is 4.10. The minimum absolute atomic E-state index is 0.0712.